The average molecular weight is 311 g/mol. The van der Waals surface area contributed by atoms with Gasteiger partial charge >= 0.3 is 0 Å². The lowest BCUT2D eigenvalue weighted by molar-refractivity contribution is -0.115. The number of carbonyl (C=O) groups excluding carboxylic acids is 3. The van der Waals surface area contributed by atoms with Crippen LogP contribution in [0, 0.1) is 0 Å². The highest BCUT2D eigenvalue weighted by molar-refractivity contribution is 8.18. The smallest absolute Gasteiger partial charge is 0.290 e. The largest absolute Gasteiger partial charge is 0.298 e. The third-order valence-electron chi connectivity index (χ3n) is 2.68. The minimum Gasteiger partial charge on any atom is -0.298 e. The molecule has 1 heterocycles. The molecule has 1 aliphatic heterocycles. The van der Waals surface area contributed by atoms with E-state index in [4.69, 9.17) is 0 Å². The molecule has 22 heavy (non-hydrogen) atoms. The second-order valence-electron chi connectivity index (χ2n) is 4.29. The van der Waals surface area contributed by atoms with Gasteiger partial charge in [-0.15, -0.1) is 0 Å². The van der Waals surface area contributed by atoms with E-state index in [0.717, 1.165) is 29.2 Å². The summed E-state index contributed by atoms with van der Waals surface area (Å²) in [6.45, 7) is 0. The number of hydrogen-bond acceptors (Lipinski definition) is 4. The molecule has 1 fully saturated rings. The molecule has 0 atom stereocenters. The van der Waals surface area contributed by atoms with Crippen LogP contribution in [0.2, 0.25) is 0 Å². The molecule has 1 saturated heterocycles. The summed E-state index contributed by atoms with van der Waals surface area (Å²) in [4.78, 5) is 32.5. The zero-order valence-electron chi connectivity index (χ0n) is 11.6. The van der Waals surface area contributed by atoms with Crippen molar-refractivity contribution < 1.29 is 14.4 Å². The van der Waals surface area contributed by atoms with Gasteiger partial charge in [0.25, 0.3) is 11.1 Å². The predicted molar refractivity (Wildman–Crippen MR) is 87.4 cm³/mol. The Morgan fingerprint density at radius 1 is 0.818 bits per heavy atom. The van der Waals surface area contributed by atoms with Gasteiger partial charge in [-0.2, -0.15) is 0 Å². The number of aldehydes is 1. The van der Waals surface area contributed by atoms with E-state index in [1.807, 2.05) is 48.5 Å². The minimum atomic E-state index is -0.316. The van der Waals surface area contributed by atoms with Gasteiger partial charge in [0.1, 0.15) is 6.29 Å². The van der Waals surface area contributed by atoms with E-state index in [0.29, 0.717) is 4.91 Å². The average Bonchev–Trinajstić information content (AvgIpc) is 2.87. The second kappa shape index (κ2) is 7.95. The third-order valence-corrected chi connectivity index (χ3v) is 3.49. The molecule has 2 amide bonds. The highest BCUT2D eigenvalue weighted by Crippen LogP contribution is 2.25. The lowest BCUT2D eigenvalue weighted by atomic mass is 10.2. The van der Waals surface area contributed by atoms with Gasteiger partial charge in [-0.1, -0.05) is 60.7 Å². The van der Waals surface area contributed by atoms with Crippen molar-refractivity contribution in [2.24, 2.45) is 0 Å². The molecule has 0 radical (unpaired) electrons. The van der Waals surface area contributed by atoms with Gasteiger partial charge in [-0.25, -0.2) is 0 Å². The van der Waals surface area contributed by atoms with E-state index in [1.165, 1.54) is 0 Å². The van der Waals surface area contributed by atoms with Crippen molar-refractivity contribution in [2.45, 2.75) is 0 Å². The number of thioether (sulfide) groups is 1. The van der Waals surface area contributed by atoms with Gasteiger partial charge in [0.15, 0.2) is 0 Å². The minimum absolute atomic E-state index is 0.308. The SMILES string of the molecule is O=C1NC(=O)C(=Cc2ccccc2)S1.O=Cc1ccccc1. The van der Waals surface area contributed by atoms with Gasteiger partial charge in [-0.05, 0) is 23.4 Å². The molecule has 3 rings (SSSR count). The fourth-order valence-corrected chi connectivity index (χ4v) is 2.34. The van der Waals surface area contributed by atoms with Crippen LogP contribution >= 0.6 is 11.8 Å². The first-order valence-corrected chi connectivity index (χ1v) is 7.31. The van der Waals surface area contributed by atoms with Gasteiger partial charge in [0.2, 0.25) is 0 Å². The van der Waals surface area contributed by atoms with E-state index in [9.17, 15) is 14.4 Å². The van der Waals surface area contributed by atoms with Crippen molar-refractivity contribution in [3.05, 3.63) is 76.7 Å². The molecule has 2 aromatic carbocycles. The van der Waals surface area contributed by atoms with Gasteiger partial charge in [0, 0.05) is 5.56 Å². The van der Waals surface area contributed by atoms with Crippen LogP contribution in [0.3, 0.4) is 0 Å². The van der Waals surface area contributed by atoms with Crippen LogP contribution < -0.4 is 5.32 Å². The summed E-state index contributed by atoms with van der Waals surface area (Å²) in [5, 5.41) is 1.90. The van der Waals surface area contributed by atoms with E-state index in [-0.39, 0.29) is 11.1 Å². The monoisotopic (exact) mass is 311 g/mol. The number of rotatable bonds is 2. The molecule has 0 saturated carbocycles. The molecule has 110 valence electrons. The molecule has 0 aromatic heterocycles. The first-order chi connectivity index (χ1) is 10.7. The molecule has 2 aromatic rings. The molecule has 1 N–H and O–H groups in total. The number of hydrogen-bond donors (Lipinski definition) is 1. The maximum atomic E-state index is 11.2. The molecular weight excluding hydrogens is 298 g/mol. The summed E-state index contributed by atoms with van der Waals surface area (Å²) in [7, 11) is 0. The van der Waals surface area contributed by atoms with Crippen LogP contribution in [0.25, 0.3) is 6.08 Å². The maximum absolute atomic E-state index is 11.2. The summed E-state index contributed by atoms with van der Waals surface area (Å²) in [6.07, 6.45) is 2.53. The zero-order chi connectivity index (χ0) is 15.8. The Kier molecular flexibility index (Phi) is 5.68. The van der Waals surface area contributed by atoms with Crippen LogP contribution in [0.1, 0.15) is 15.9 Å². The van der Waals surface area contributed by atoms with Crippen LogP contribution in [0.4, 0.5) is 4.79 Å². The van der Waals surface area contributed by atoms with E-state index < -0.39 is 0 Å². The van der Waals surface area contributed by atoms with E-state index in [2.05, 4.69) is 5.32 Å². The fourth-order valence-electron chi connectivity index (χ4n) is 1.65. The van der Waals surface area contributed by atoms with Gasteiger partial charge < -0.3 is 0 Å². The quantitative estimate of drug-likeness (QED) is 0.681. The molecular formula is C17H13NO3S. The normalized spacial score (nSPS) is 15.0. The van der Waals surface area contributed by atoms with Crippen LogP contribution in [-0.2, 0) is 4.79 Å². The summed E-state index contributed by atoms with van der Waals surface area (Å²) in [6, 6.07) is 18.5. The summed E-state index contributed by atoms with van der Waals surface area (Å²) < 4.78 is 0. The Hall–Kier alpha value is -2.66. The molecule has 5 heteroatoms. The summed E-state index contributed by atoms with van der Waals surface area (Å²) in [5.41, 5.74) is 1.65. The Morgan fingerprint density at radius 3 is 1.77 bits per heavy atom. The maximum Gasteiger partial charge on any atom is 0.290 e. The molecule has 0 spiro atoms. The van der Waals surface area contributed by atoms with Crippen molar-refractivity contribution in [2.75, 3.05) is 0 Å². The lowest BCUT2D eigenvalue weighted by Gasteiger charge is -1.92. The highest BCUT2D eigenvalue weighted by atomic mass is 32.2. The Morgan fingerprint density at radius 2 is 1.36 bits per heavy atom. The Balaban J connectivity index is 0.000000188. The highest BCUT2D eigenvalue weighted by Gasteiger charge is 2.24. The molecule has 0 unspecified atom stereocenters. The Labute approximate surface area is 132 Å². The first-order valence-electron chi connectivity index (χ1n) is 6.49. The first kappa shape index (κ1) is 15.7. The number of nitrogens with one attached hydrogen (secondary N) is 1. The second-order valence-corrected chi connectivity index (χ2v) is 5.31. The van der Waals surface area contributed by atoms with Crippen molar-refractivity contribution in [3.8, 4) is 0 Å². The molecule has 0 bridgehead atoms. The van der Waals surface area contributed by atoms with Crippen molar-refractivity contribution in [3.63, 3.8) is 0 Å². The van der Waals surface area contributed by atoms with Crippen molar-refractivity contribution in [1.82, 2.24) is 5.32 Å². The number of amides is 2. The van der Waals surface area contributed by atoms with Crippen LogP contribution in [-0.4, -0.2) is 17.4 Å². The van der Waals surface area contributed by atoms with Gasteiger partial charge in [0.05, 0.1) is 4.91 Å². The number of benzene rings is 2. The van der Waals surface area contributed by atoms with Crippen molar-refractivity contribution in [1.29, 1.82) is 0 Å². The van der Waals surface area contributed by atoms with E-state index >= 15 is 0 Å². The van der Waals surface area contributed by atoms with Crippen molar-refractivity contribution >= 4 is 35.3 Å². The van der Waals surface area contributed by atoms with Crippen LogP contribution in [0.15, 0.2) is 65.6 Å². The summed E-state index contributed by atoms with van der Waals surface area (Å²) in [5.74, 6) is -0.316. The molecule has 0 aliphatic carbocycles. The van der Waals surface area contributed by atoms with E-state index in [1.54, 1.807) is 18.2 Å². The molecule has 1 aliphatic rings. The van der Waals surface area contributed by atoms with Gasteiger partial charge in [-0.3, -0.25) is 19.7 Å². The summed E-state index contributed by atoms with van der Waals surface area (Å²) >= 11 is 0.930. The van der Waals surface area contributed by atoms with Crippen LogP contribution in [0.5, 0.6) is 0 Å². The standard InChI is InChI=1S/C10H7NO2S.C7H6O/c12-9-8(14-10(13)11-9)6-7-4-2-1-3-5-7;8-6-7-4-2-1-3-5-7/h1-6H,(H,11,12,13);1-6H. The topological polar surface area (TPSA) is 63.2 Å². The lowest BCUT2D eigenvalue weighted by Crippen LogP contribution is -2.17. The molecule has 4 nitrogen and oxygen atoms in total. The number of imide groups is 1. The zero-order valence-corrected chi connectivity index (χ0v) is 12.4. The Bertz CT molecular complexity index is 696. The fraction of sp³-hybridized carbons (Fsp3) is 0. The predicted octanol–water partition coefficient (Wildman–Crippen LogP) is 3.51. The third kappa shape index (κ3) is 4.71. The number of carbonyl (C=O) groups is 3.